The number of rotatable bonds is 5. The zero-order chi connectivity index (χ0) is 13.9. The van der Waals surface area contributed by atoms with Crippen LogP contribution >= 0.6 is 0 Å². The van der Waals surface area contributed by atoms with E-state index in [0.29, 0.717) is 5.69 Å². The molecule has 0 atom stereocenters. The number of carbonyl (C=O) groups is 1. The fourth-order valence-corrected chi connectivity index (χ4v) is 4.30. The summed E-state index contributed by atoms with van der Waals surface area (Å²) in [7, 11) is -3.18. The van der Waals surface area contributed by atoms with Crippen LogP contribution in [0, 0.1) is 5.92 Å². The molecule has 19 heavy (non-hydrogen) atoms. The standard InChI is InChI=1S/C13H18N2O3S/c14-13(16)12-7-3-6-11(15-12)9-19(17,18)8-10-4-1-2-5-10/h3,6-7,10H,1-2,4-5,8-9H2,(H2,14,16). The summed E-state index contributed by atoms with van der Waals surface area (Å²) in [4.78, 5) is 15.0. The fraction of sp³-hybridized carbons (Fsp3) is 0.538. The van der Waals surface area contributed by atoms with Gasteiger partial charge in [0.15, 0.2) is 9.84 Å². The van der Waals surface area contributed by atoms with E-state index in [-0.39, 0.29) is 23.1 Å². The second kappa shape index (κ2) is 5.69. The lowest BCUT2D eigenvalue weighted by atomic mass is 10.1. The molecule has 1 fully saturated rings. The largest absolute Gasteiger partial charge is 0.364 e. The Kier molecular flexibility index (Phi) is 4.19. The van der Waals surface area contributed by atoms with Crippen molar-refractivity contribution in [3.05, 3.63) is 29.6 Å². The summed E-state index contributed by atoms with van der Waals surface area (Å²) in [5, 5.41) is 0. The van der Waals surface area contributed by atoms with Crippen molar-refractivity contribution in [3.8, 4) is 0 Å². The normalized spacial score (nSPS) is 16.6. The Hall–Kier alpha value is -1.43. The Labute approximate surface area is 113 Å². The highest BCUT2D eigenvalue weighted by molar-refractivity contribution is 7.90. The monoisotopic (exact) mass is 282 g/mol. The zero-order valence-electron chi connectivity index (χ0n) is 10.7. The first kappa shape index (κ1) is 14.0. The summed E-state index contributed by atoms with van der Waals surface area (Å²) in [6, 6.07) is 4.70. The SMILES string of the molecule is NC(=O)c1cccc(CS(=O)(=O)CC2CCCC2)n1. The number of carbonyl (C=O) groups excluding carboxylic acids is 1. The van der Waals surface area contributed by atoms with Gasteiger partial charge in [0.1, 0.15) is 5.69 Å². The van der Waals surface area contributed by atoms with Crippen molar-refractivity contribution in [1.82, 2.24) is 4.98 Å². The van der Waals surface area contributed by atoms with Gasteiger partial charge < -0.3 is 5.73 Å². The summed E-state index contributed by atoms with van der Waals surface area (Å²) in [5.74, 6) is -0.264. The minimum absolute atomic E-state index is 0.105. The number of hydrogen-bond acceptors (Lipinski definition) is 4. The predicted octanol–water partition coefficient (Wildman–Crippen LogP) is 1.29. The molecule has 1 aromatic rings. The van der Waals surface area contributed by atoms with Gasteiger partial charge in [0.05, 0.1) is 17.2 Å². The van der Waals surface area contributed by atoms with Crippen molar-refractivity contribution in [1.29, 1.82) is 0 Å². The van der Waals surface area contributed by atoms with Gasteiger partial charge in [0, 0.05) is 0 Å². The molecule has 0 bridgehead atoms. The maximum absolute atomic E-state index is 12.1. The van der Waals surface area contributed by atoms with Gasteiger partial charge in [-0.15, -0.1) is 0 Å². The average molecular weight is 282 g/mol. The molecule has 1 aromatic heterocycles. The van der Waals surface area contributed by atoms with Gasteiger partial charge in [-0.3, -0.25) is 4.79 Å². The molecule has 1 heterocycles. The highest BCUT2D eigenvalue weighted by Gasteiger charge is 2.23. The topological polar surface area (TPSA) is 90.1 Å². The number of nitrogens with two attached hydrogens (primary N) is 1. The molecule has 0 radical (unpaired) electrons. The summed E-state index contributed by atoms with van der Waals surface area (Å²) < 4.78 is 24.2. The van der Waals surface area contributed by atoms with Crippen molar-refractivity contribution in [2.24, 2.45) is 11.7 Å². The molecule has 2 rings (SSSR count). The van der Waals surface area contributed by atoms with E-state index in [1.807, 2.05) is 0 Å². The average Bonchev–Trinajstić information content (AvgIpc) is 2.80. The highest BCUT2D eigenvalue weighted by atomic mass is 32.2. The third-order valence-electron chi connectivity index (χ3n) is 3.39. The van der Waals surface area contributed by atoms with Gasteiger partial charge >= 0.3 is 0 Å². The zero-order valence-corrected chi connectivity index (χ0v) is 11.5. The second-order valence-electron chi connectivity index (χ2n) is 5.08. The predicted molar refractivity (Wildman–Crippen MR) is 72.2 cm³/mol. The third kappa shape index (κ3) is 4.02. The Balaban J connectivity index is 2.06. The van der Waals surface area contributed by atoms with Crippen LogP contribution < -0.4 is 5.73 Å². The van der Waals surface area contributed by atoms with Crippen molar-refractivity contribution >= 4 is 15.7 Å². The lowest BCUT2D eigenvalue weighted by Gasteiger charge is -2.09. The van der Waals surface area contributed by atoms with Crippen LogP contribution in [0.1, 0.15) is 41.9 Å². The minimum Gasteiger partial charge on any atom is -0.364 e. The fourth-order valence-electron chi connectivity index (χ4n) is 2.52. The molecular formula is C13H18N2O3S. The van der Waals surface area contributed by atoms with E-state index in [4.69, 9.17) is 5.73 Å². The van der Waals surface area contributed by atoms with E-state index >= 15 is 0 Å². The Morgan fingerprint density at radius 2 is 2.00 bits per heavy atom. The van der Waals surface area contributed by atoms with Gasteiger partial charge in [-0.1, -0.05) is 18.9 Å². The molecule has 0 unspecified atom stereocenters. The lowest BCUT2D eigenvalue weighted by molar-refractivity contribution is 0.0995. The van der Waals surface area contributed by atoms with E-state index in [2.05, 4.69) is 4.98 Å². The number of hydrogen-bond donors (Lipinski definition) is 1. The Bertz CT molecular complexity index is 563. The van der Waals surface area contributed by atoms with E-state index in [1.54, 1.807) is 12.1 Å². The van der Waals surface area contributed by atoms with Crippen LogP contribution in [0.25, 0.3) is 0 Å². The smallest absolute Gasteiger partial charge is 0.267 e. The molecule has 0 aliphatic heterocycles. The highest BCUT2D eigenvalue weighted by Crippen LogP contribution is 2.26. The summed E-state index contributed by atoms with van der Waals surface area (Å²) in [5.41, 5.74) is 5.62. The van der Waals surface area contributed by atoms with Crippen LogP contribution in [0.2, 0.25) is 0 Å². The number of nitrogens with zero attached hydrogens (tertiary/aromatic N) is 1. The maximum atomic E-state index is 12.1. The number of amides is 1. The van der Waals surface area contributed by atoms with E-state index in [0.717, 1.165) is 25.7 Å². The molecule has 6 heteroatoms. The summed E-state index contributed by atoms with van der Waals surface area (Å²) >= 11 is 0. The van der Waals surface area contributed by atoms with Gasteiger partial charge in [0.25, 0.3) is 5.91 Å². The molecule has 1 aliphatic carbocycles. The van der Waals surface area contributed by atoms with E-state index < -0.39 is 15.7 Å². The first-order valence-electron chi connectivity index (χ1n) is 6.42. The quantitative estimate of drug-likeness (QED) is 0.881. The van der Waals surface area contributed by atoms with Gasteiger partial charge in [0.2, 0.25) is 0 Å². The van der Waals surface area contributed by atoms with Crippen molar-refractivity contribution in [2.45, 2.75) is 31.4 Å². The second-order valence-corrected chi connectivity index (χ2v) is 7.19. The molecule has 2 N–H and O–H groups in total. The maximum Gasteiger partial charge on any atom is 0.267 e. The minimum atomic E-state index is -3.18. The summed E-state index contributed by atoms with van der Waals surface area (Å²) in [6.07, 6.45) is 4.23. The molecule has 1 aliphatic rings. The van der Waals surface area contributed by atoms with Crippen LogP contribution in [-0.2, 0) is 15.6 Å². The van der Waals surface area contributed by atoms with Crippen molar-refractivity contribution < 1.29 is 13.2 Å². The first-order chi connectivity index (χ1) is 8.96. The lowest BCUT2D eigenvalue weighted by Crippen LogP contribution is -2.18. The summed E-state index contributed by atoms with van der Waals surface area (Å²) in [6.45, 7) is 0. The molecular weight excluding hydrogens is 264 g/mol. The van der Waals surface area contributed by atoms with E-state index in [1.165, 1.54) is 6.07 Å². The molecule has 0 saturated heterocycles. The van der Waals surface area contributed by atoms with Crippen LogP contribution in [0.5, 0.6) is 0 Å². The third-order valence-corrected chi connectivity index (χ3v) is 5.11. The Morgan fingerprint density at radius 1 is 1.32 bits per heavy atom. The van der Waals surface area contributed by atoms with Crippen molar-refractivity contribution in [2.75, 3.05) is 5.75 Å². The van der Waals surface area contributed by atoms with Crippen LogP contribution in [0.15, 0.2) is 18.2 Å². The van der Waals surface area contributed by atoms with Crippen molar-refractivity contribution in [3.63, 3.8) is 0 Å². The molecule has 104 valence electrons. The molecule has 0 aromatic carbocycles. The van der Waals surface area contributed by atoms with Crippen LogP contribution in [0.3, 0.4) is 0 Å². The van der Waals surface area contributed by atoms with Crippen LogP contribution in [0.4, 0.5) is 0 Å². The van der Waals surface area contributed by atoms with Crippen LogP contribution in [-0.4, -0.2) is 25.1 Å². The number of aromatic nitrogens is 1. The number of primary amides is 1. The molecule has 1 saturated carbocycles. The van der Waals surface area contributed by atoms with Gasteiger partial charge in [-0.25, -0.2) is 13.4 Å². The number of pyridine rings is 1. The first-order valence-corrected chi connectivity index (χ1v) is 8.24. The van der Waals surface area contributed by atoms with Gasteiger partial charge in [-0.2, -0.15) is 0 Å². The van der Waals surface area contributed by atoms with E-state index in [9.17, 15) is 13.2 Å². The Morgan fingerprint density at radius 3 is 2.63 bits per heavy atom. The number of sulfone groups is 1. The molecule has 5 nitrogen and oxygen atoms in total. The molecule has 1 amide bonds. The van der Waals surface area contributed by atoms with Gasteiger partial charge in [-0.05, 0) is 30.9 Å². The molecule has 0 spiro atoms.